The van der Waals surface area contributed by atoms with Gasteiger partial charge in [-0.2, -0.15) is 0 Å². The van der Waals surface area contributed by atoms with E-state index >= 15 is 0 Å². The number of amides is 2. The monoisotopic (exact) mass is 244 g/mol. The molecule has 4 nitrogen and oxygen atoms in total. The maximum absolute atomic E-state index is 11.6. The van der Waals surface area contributed by atoms with E-state index in [2.05, 4.69) is 16.6 Å². The van der Waals surface area contributed by atoms with Crippen LogP contribution < -0.4 is 10.6 Å². The Morgan fingerprint density at radius 3 is 2.94 bits per heavy atom. The molecule has 0 radical (unpaired) electrons. The van der Waals surface area contributed by atoms with Crippen LogP contribution >= 0.6 is 0 Å². The number of hydrogen-bond donors (Lipinski definition) is 2. The number of urea groups is 1. The molecule has 0 unspecified atom stereocenters. The highest BCUT2D eigenvalue weighted by atomic mass is 16.5. The van der Waals surface area contributed by atoms with Gasteiger partial charge < -0.3 is 15.4 Å². The van der Waals surface area contributed by atoms with Crippen LogP contribution in [0.25, 0.3) is 0 Å². The van der Waals surface area contributed by atoms with Crippen LogP contribution in [-0.2, 0) is 4.74 Å². The van der Waals surface area contributed by atoms with E-state index in [9.17, 15) is 4.79 Å². The van der Waals surface area contributed by atoms with E-state index in [1.54, 1.807) is 0 Å². The minimum atomic E-state index is -0.246. The van der Waals surface area contributed by atoms with Gasteiger partial charge in [-0.3, -0.25) is 0 Å². The summed E-state index contributed by atoms with van der Waals surface area (Å²) in [6.07, 6.45) is 5.81. The summed E-state index contributed by atoms with van der Waals surface area (Å²) >= 11 is 0. The minimum absolute atomic E-state index is 0.00910. The van der Waals surface area contributed by atoms with Crippen LogP contribution in [0, 0.1) is 12.3 Å². The van der Waals surface area contributed by atoms with Crippen molar-refractivity contribution < 1.29 is 9.53 Å². The fraction of sp³-hybridized carbons (Fsp3) is 0.357. The highest BCUT2D eigenvalue weighted by Crippen LogP contribution is 2.28. The van der Waals surface area contributed by atoms with Crippen LogP contribution in [0.15, 0.2) is 30.3 Å². The zero-order valence-electron chi connectivity index (χ0n) is 10.1. The maximum Gasteiger partial charge on any atom is 0.315 e. The van der Waals surface area contributed by atoms with Gasteiger partial charge in [0.1, 0.15) is 6.10 Å². The summed E-state index contributed by atoms with van der Waals surface area (Å²) in [5, 5.41) is 5.48. The van der Waals surface area contributed by atoms with Crippen LogP contribution in [0.2, 0.25) is 0 Å². The first-order valence-corrected chi connectivity index (χ1v) is 5.95. The number of carbonyl (C=O) groups is 1. The molecule has 0 saturated carbocycles. The Morgan fingerprint density at radius 2 is 2.22 bits per heavy atom. The lowest BCUT2D eigenvalue weighted by Crippen LogP contribution is -2.43. The summed E-state index contributed by atoms with van der Waals surface area (Å²) in [7, 11) is 0. The summed E-state index contributed by atoms with van der Waals surface area (Å²) in [6.45, 7) is 0.884. The van der Waals surface area contributed by atoms with Crippen LogP contribution in [0.1, 0.15) is 18.1 Å². The molecule has 18 heavy (non-hydrogen) atoms. The molecule has 0 aromatic heterocycles. The first-order chi connectivity index (χ1) is 8.81. The second-order valence-corrected chi connectivity index (χ2v) is 4.13. The van der Waals surface area contributed by atoms with Gasteiger partial charge in [0.05, 0.1) is 12.6 Å². The van der Waals surface area contributed by atoms with Crippen molar-refractivity contribution in [1.82, 2.24) is 10.6 Å². The minimum Gasteiger partial charge on any atom is -0.371 e. The van der Waals surface area contributed by atoms with Crippen LogP contribution in [-0.4, -0.2) is 25.2 Å². The zero-order valence-corrected chi connectivity index (χ0v) is 10.1. The van der Waals surface area contributed by atoms with Crippen LogP contribution in [0.3, 0.4) is 0 Å². The van der Waals surface area contributed by atoms with Crippen molar-refractivity contribution in [3.05, 3.63) is 35.9 Å². The number of rotatable bonds is 3. The van der Waals surface area contributed by atoms with E-state index in [1.165, 1.54) is 0 Å². The van der Waals surface area contributed by atoms with Crippen molar-refractivity contribution in [1.29, 1.82) is 0 Å². The van der Waals surface area contributed by atoms with Gasteiger partial charge in [-0.05, 0) is 12.0 Å². The Bertz CT molecular complexity index is 439. The van der Waals surface area contributed by atoms with Crippen molar-refractivity contribution in [2.45, 2.75) is 18.6 Å². The van der Waals surface area contributed by atoms with E-state index in [-0.39, 0.29) is 24.7 Å². The number of terminal acetylenes is 1. The molecule has 1 aromatic carbocycles. The lowest BCUT2D eigenvalue weighted by atomic mass is 10.0. The Labute approximate surface area is 107 Å². The van der Waals surface area contributed by atoms with Gasteiger partial charge in [-0.15, -0.1) is 6.42 Å². The number of benzene rings is 1. The van der Waals surface area contributed by atoms with Crippen molar-refractivity contribution in [3.63, 3.8) is 0 Å². The largest absolute Gasteiger partial charge is 0.371 e. The molecule has 1 aliphatic heterocycles. The third kappa shape index (κ3) is 3.02. The third-order valence-corrected chi connectivity index (χ3v) is 2.89. The van der Waals surface area contributed by atoms with E-state index < -0.39 is 0 Å². The number of hydrogen-bond acceptors (Lipinski definition) is 2. The van der Waals surface area contributed by atoms with Gasteiger partial charge in [-0.25, -0.2) is 4.79 Å². The standard InChI is InChI=1S/C14H16N2O2/c1-2-9-15-14(17)16-12-8-10-18-13(12)11-6-4-3-5-7-11/h1,3-7,12-13H,8-10H2,(H2,15,16,17)/t12-,13+/m1/s1. The summed E-state index contributed by atoms with van der Waals surface area (Å²) < 4.78 is 5.67. The zero-order chi connectivity index (χ0) is 12.8. The Balaban J connectivity index is 1.96. The first-order valence-electron chi connectivity index (χ1n) is 5.95. The van der Waals surface area contributed by atoms with Gasteiger partial charge >= 0.3 is 6.03 Å². The predicted octanol–water partition coefficient (Wildman–Crippen LogP) is 1.45. The molecular formula is C14H16N2O2. The van der Waals surface area contributed by atoms with Crippen molar-refractivity contribution in [2.75, 3.05) is 13.2 Å². The molecule has 0 bridgehead atoms. The molecule has 2 atom stereocenters. The molecule has 2 N–H and O–H groups in total. The Morgan fingerprint density at radius 1 is 1.44 bits per heavy atom. The van der Waals surface area contributed by atoms with Crippen molar-refractivity contribution >= 4 is 6.03 Å². The molecule has 2 rings (SSSR count). The average molecular weight is 244 g/mol. The number of nitrogens with one attached hydrogen (secondary N) is 2. The van der Waals surface area contributed by atoms with Crippen molar-refractivity contribution in [2.24, 2.45) is 0 Å². The molecule has 94 valence electrons. The summed E-state index contributed by atoms with van der Waals surface area (Å²) in [5.41, 5.74) is 1.08. The molecule has 0 spiro atoms. The molecule has 1 fully saturated rings. The SMILES string of the molecule is C#CCNC(=O)N[C@@H]1CCO[C@H]1c1ccccc1. The molecule has 1 aromatic rings. The summed E-state index contributed by atoms with van der Waals surface area (Å²) in [4.78, 5) is 11.6. The van der Waals surface area contributed by atoms with Crippen LogP contribution in [0.4, 0.5) is 4.79 Å². The highest BCUT2D eigenvalue weighted by molar-refractivity contribution is 5.74. The molecule has 4 heteroatoms. The summed E-state index contributed by atoms with van der Waals surface area (Å²) in [5.74, 6) is 2.36. The van der Waals surface area contributed by atoms with E-state index in [4.69, 9.17) is 11.2 Å². The predicted molar refractivity (Wildman–Crippen MR) is 68.9 cm³/mol. The lowest BCUT2D eigenvalue weighted by molar-refractivity contribution is 0.1000. The number of carbonyl (C=O) groups excluding carboxylic acids is 1. The fourth-order valence-corrected chi connectivity index (χ4v) is 2.06. The maximum atomic E-state index is 11.6. The summed E-state index contributed by atoms with van der Waals surface area (Å²) in [6, 6.07) is 9.64. The van der Waals surface area contributed by atoms with Crippen LogP contribution in [0.5, 0.6) is 0 Å². The van der Waals surface area contributed by atoms with Gasteiger partial charge in [-0.1, -0.05) is 36.3 Å². The smallest absolute Gasteiger partial charge is 0.315 e. The van der Waals surface area contributed by atoms with Gasteiger partial charge in [0, 0.05) is 6.61 Å². The molecule has 1 saturated heterocycles. The molecule has 0 aliphatic carbocycles. The molecule has 2 amide bonds. The molecule has 1 heterocycles. The second kappa shape index (κ2) is 6.08. The number of ether oxygens (including phenoxy) is 1. The highest BCUT2D eigenvalue weighted by Gasteiger charge is 2.30. The molecule has 1 aliphatic rings. The first kappa shape index (κ1) is 12.5. The van der Waals surface area contributed by atoms with Crippen molar-refractivity contribution in [3.8, 4) is 12.3 Å². The van der Waals surface area contributed by atoms with Gasteiger partial charge in [0.2, 0.25) is 0 Å². The Kier molecular flexibility index (Phi) is 4.21. The van der Waals surface area contributed by atoms with E-state index in [1.807, 2.05) is 30.3 Å². The second-order valence-electron chi connectivity index (χ2n) is 4.13. The lowest BCUT2D eigenvalue weighted by Gasteiger charge is -2.20. The molecular weight excluding hydrogens is 228 g/mol. The van der Waals surface area contributed by atoms with E-state index in [0.717, 1.165) is 12.0 Å². The van der Waals surface area contributed by atoms with E-state index in [0.29, 0.717) is 6.61 Å². The normalized spacial score (nSPS) is 22.2. The third-order valence-electron chi connectivity index (χ3n) is 2.89. The topological polar surface area (TPSA) is 50.4 Å². The average Bonchev–Trinajstić information content (AvgIpc) is 2.85. The quantitative estimate of drug-likeness (QED) is 0.791. The Hall–Kier alpha value is -1.99. The van der Waals surface area contributed by atoms with Gasteiger partial charge in [0.25, 0.3) is 0 Å². The van der Waals surface area contributed by atoms with Gasteiger partial charge in [0.15, 0.2) is 0 Å². The fourth-order valence-electron chi connectivity index (χ4n) is 2.06.